The fourth-order valence-corrected chi connectivity index (χ4v) is 4.21. The monoisotopic (exact) mass is 499 g/mol. The van der Waals surface area contributed by atoms with Crippen LogP contribution in [-0.4, -0.2) is 77.1 Å². The molecule has 0 aromatic heterocycles. The first-order chi connectivity index (χ1) is 17.6. The number of aryl methyl sites for hydroxylation is 2. The summed E-state index contributed by atoms with van der Waals surface area (Å²) in [4.78, 5) is 20.0. The van der Waals surface area contributed by atoms with Crippen LogP contribution in [0.25, 0.3) is 17.2 Å². The number of rotatable bonds is 12. The van der Waals surface area contributed by atoms with Crippen molar-refractivity contribution in [2.75, 3.05) is 66.4 Å². The molecule has 0 amide bonds. The topological polar surface area (TPSA) is 36.0 Å². The predicted octanol–water partition coefficient (Wildman–Crippen LogP) is 5.80. The molecule has 0 atom stereocenters. The predicted molar refractivity (Wildman–Crippen MR) is 157 cm³/mol. The zero-order chi connectivity index (χ0) is 26.9. The van der Waals surface area contributed by atoms with Gasteiger partial charge in [-0.25, -0.2) is 0 Å². The molecule has 3 aromatic carbocycles. The molecule has 0 radical (unpaired) electrons. The number of hydrogen-bond acceptors (Lipinski definition) is 5. The van der Waals surface area contributed by atoms with Crippen LogP contribution >= 0.6 is 0 Å². The van der Waals surface area contributed by atoms with Crippen molar-refractivity contribution >= 4 is 17.5 Å². The van der Waals surface area contributed by atoms with Crippen molar-refractivity contribution < 1.29 is 9.53 Å². The molecule has 5 heteroatoms. The Labute approximate surface area is 223 Å². The van der Waals surface area contributed by atoms with Gasteiger partial charge in [0.05, 0.1) is 5.56 Å². The summed E-state index contributed by atoms with van der Waals surface area (Å²) in [5, 5.41) is 0. The van der Waals surface area contributed by atoms with Crippen molar-refractivity contribution in [2.24, 2.45) is 0 Å². The summed E-state index contributed by atoms with van der Waals surface area (Å²) in [5.41, 5.74) is 7.19. The SMILES string of the molecule is Cc1cc(C)cc(-c2ccc(OCCN(C)C)c(C(=O)/C=C/c3ccccc3N(C)CCN(C)C)c2)c1. The van der Waals surface area contributed by atoms with Crippen molar-refractivity contribution in [2.45, 2.75) is 13.8 Å². The first-order valence-electron chi connectivity index (χ1n) is 12.8. The molecule has 0 bridgehead atoms. The van der Waals surface area contributed by atoms with Gasteiger partial charge < -0.3 is 19.4 Å². The van der Waals surface area contributed by atoms with Gasteiger partial charge in [-0.1, -0.05) is 53.6 Å². The van der Waals surface area contributed by atoms with E-state index >= 15 is 0 Å². The molecule has 0 N–H and O–H groups in total. The second kappa shape index (κ2) is 13.2. The summed E-state index contributed by atoms with van der Waals surface area (Å²) in [6.45, 7) is 7.32. The second-order valence-electron chi connectivity index (χ2n) is 10.2. The highest BCUT2D eigenvalue weighted by molar-refractivity contribution is 6.09. The van der Waals surface area contributed by atoms with E-state index in [1.54, 1.807) is 6.08 Å². The average Bonchev–Trinajstić information content (AvgIpc) is 2.85. The lowest BCUT2D eigenvalue weighted by Crippen LogP contribution is -2.28. The van der Waals surface area contributed by atoms with Gasteiger partial charge in [0.25, 0.3) is 0 Å². The van der Waals surface area contributed by atoms with Gasteiger partial charge in [0.1, 0.15) is 12.4 Å². The largest absolute Gasteiger partial charge is 0.491 e. The van der Waals surface area contributed by atoms with Gasteiger partial charge in [0, 0.05) is 32.4 Å². The van der Waals surface area contributed by atoms with Gasteiger partial charge in [-0.15, -0.1) is 0 Å². The summed E-state index contributed by atoms with van der Waals surface area (Å²) >= 11 is 0. The number of carbonyl (C=O) groups excluding carboxylic acids is 1. The number of carbonyl (C=O) groups is 1. The van der Waals surface area contributed by atoms with Gasteiger partial charge in [-0.2, -0.15) is 0 Å². The third kappa shape index (κ3) is 8.31. The molecule has 0 heterocycles. The van der Waals surface area contributed by atoms with E-state index in [0.29, 0.717) is 17.9 Å². The lowest BCUT2D eigenvalue weighted by molar-refractivity contribution is 0.104. The van der Waals surface area contributed by atoms with E-state index in [9.17, 15) is 4.79 Å². The Morgan fingerprint density at radius 2 is 1.46 bits per heavy atom. The number of para-hydroxylation sites is 1. The number of likely N-dealkylation sites (N-methyl/N-ethyl adjacent to an activating group) is 3. The number of allylic oxidation sites excluding steroid dienone is 1. The molecule has 0 spiro atoms. The van der Waals surface area contributed by atoms with Gasteiger partial charge in [0.2, 0.25) is 0 Å². The maximum Gasteiger partial charge on any atom is 0.189 e. The minimum Gasteiger partial charge on any atom is -0.491 e. The minimum atomic E-state index is -0.0724. The summed E-state index contributed by atoms with van der Waals surface area (Å²) in [5.74, 6) is 0.540. The minimum absolute atomic E-state index is 0.0724. The quantitative estimate of drug-likeness (QED) is 0.232. The van der Waals surface area contributed by atoms with E-state index in [2.05, 4.69) is 74.0 Å². The number of ketones is 1. The number of anilines is 1. The Hall–Kier alpha value is -3.41. The van der Waals surface area contributed by atoms with E-state index in [-0.39, 0.29) is 5.78 Å². The number of ether oxygens (including phenoxy) is 1. The molecule has 5 nitrogen and oxygen atoms in total. The van der Waals surface area contributed by atoms with E-state index in [1.807, 2.05) is 56.6 Å². The fourth-order valence-electron chi connectivity index (χ4n) is 4.21. The zero-order valence-corrected chi connectivity index (χ0v) is 23.4. The first-order valence-corrected chi connectivity index (χ1v) is 12.8. The van der Waals surface area contributed by atoms with Crippen molar-refractivity contribution in [3.63, 3.8) is 0 Å². The molecule has 0 unspecified atom stereocenters. The molecule has 196 valence electrons. The van der Waals surface area contributed by atoms with Gasteiger partial charge in [-0.05, 0) is 89.1 Å². The van der Waals surface area contributed by atoms with Crippen molar-refractivity contribution in [3.05, 3.63) is 89.0 Å². The smallest absolute Gasteiger partial charge is 0.189 e. The number of nitrogens with zero attached hydrogens (tertiary/aromatic N) is 3. The van der Waals surface area contributed by atoms with E-state index < -0.39 is 0 Å². The van der Waals surface area contributed by atoms with Gasteiger partial charge in [-0.3, -0.25) is 4.79 Å². The number of hydrogen-bond donors (Lipinski definition) is 0. The standard InChI is InChI=1S/C32H41N3O2/c1-24-20-25(2)22-28(21-24)27-13-15-32(37-19-18-34(5)6)29(23-27)31(36)14-12-26-10-8-9-11-30(26)35(7)17-16-33(3)4/h8-15,20-23H,16-19H2,1-7H3/b14-12+. The highest BCUT2D eigenvalue weighted by Crippen LogP contribution is 2.29. The van der Waals surface area contributed by atoms with Crippen LogP contribution in [0.4, 0.5) is 5.69 Å². The molecule has 37 heavy (non-hydrogen) atoms. The van der Waals surface area contributed by atoms with Crippen LogP contribution in [0.1, 0.15) is 27.0 Å². The molecule has 0 saturated carbocycles. The molecular formula is C32H41N3O2. The van der Waals surface area contributed by atoms with E-state index in [0.717, 1.165) is 42.0 Å². The highest BCUT2D eigenvalue weighted by atomic mass is 16.5. The lowest BCUT2D eigenvalue weighted by Gasteiger charge is -2.23. The fraction of sp³-hybridized carbons (Fsp3) is 0.344. The molecule has 0 saturated heterocycles. The van der Waals surface area contributed by atoms with Crippen LogP contribution < -0.4 is 9.64 Å². The summed E-state index contributed by atoms with van der Waals surface area (Å²) < 4.78 is 6.07. The Balaban J connectivity index is 1.93. The van der Waals surface area contributed by atoms with Crippen molar-refractivity contribution in [1.29, 1.82) is 0 Å². The van der Waals surface area contributed by atoms with Crippen LogP contribution in [0, 0.1) is 13.8 Å². The Morgan fingerprint density at radius 1 is 0.784 bits per heavy atom. The molecule has 0 aliphatic carbocycles. The van der Waals surface area contributed by atoms with E-state index in [4.69, 9.17) is 4.74 Å². The van der Waals surface area contributed by atoms with Crippen LogP contribution in [0.3, 0.4) is 0 Å². The lowest BCUT2D eigenvalue weighted by atomic mass is 9.97. The highest BCUT2D eigenvalue weighted by Gasteiger charge is 2.14. The summed E-state index contributed by atoms with van der Waals surface area (Å²) in [6, 6.07) is 20.6. The molecule has 0 fully saturated rings. The van der Waals surface area contributed by atoms with Crippen LogP contribution in [0.15, 0.2) is 66.7 Å². The van der Waals surface area contributed by atoms with Gasteiger partial charge >= 0.3 is 0 Å². The van der Waals surface area contributed by atoms with Crippen molar-refractivity contribution in [3.8, 4) is 16.9 Å². The average molecular weight is 500 g/mol. The first kappa shape index (κ1) is 28.2. The third-order valence-corrected chi connectivity index (χ3v) is 6.24. The Morgan fingerprint density at radius 3 is 2.14 bits per heavy atom. The Bertz CT molecular complexity index is 1210. The molecule has 0 aliphatic heterocycles. The molecule has 0 aliphatic rings. The number of benzene rings is 3. The van der Waals surface area contributed by atoms with Crippen molar-refractivity contribution in [1.82, 2.24) is 9.80 Å². The second-order valence-corrected chi connectivity index (χ2v) is 10.2. The molecule has 3 aromatic rings. The van der Waals surface area contributed by atoms with Crippen LogP contribution in [-0.2, 0) is 0 Å². The van der Waals surface area contributed by atoms with Crippen LogP contribution in [0.2, 0.25) is 0 Å². The maximum absolute atomic E-state index is 13.6. The maximum atomic E-state index is 13.6. The zero-order valence-electron chi connectivity index (χ0n) is 23.4. The van der Waals surface area contributed by atoms with Gasteiger partial charge in [0.15, 0.2) is 5.78 Å². The normalized spacial score (nSPS) is 11.5. The Kier molecular flexibility index (Phi) is 10.1. The summed E-state index contributed by atoms with van der Waals surface area (Å²) in [7, 11) is 10.2. The van der Waals surface area contributed by atoms with E-state index in [1.165, 1.54) is 11.1 Å². The summed E-state index contributed by atoms with van der Waals surface area (Å²) in [6.07, 6.45) is 3.58. The van der Waals surface area contributed by atoms with Crippen LogP contribution in [0.5, 0.6) is 5.75 Å². The third-order valence-electron chi connectivity index (χ3n) is 6.24. The molecule has 3 rings (SSSR count). The molecular weight excluding hydrogens is 458 g/mol.